The van der Waals surface area contributed by atoms with Crippen LogP contribution in [0.5, 0.6) is 5.75 Å². The largest absolute Gasteiger partial charge is 0.505 e. The zero-order valence-electron chi connectivity index (χ0n) is 6.41. The highest BCUT2D eigenvalue weighted by Crippen LogP contribution is 2.22. The van der Waals surface area contributed by atoms with Gasteiger partial charge in [-0.1, -0.05) is 17.9 Å². The highest BCUT2D eigenvalue weighted by atomic mass is 16.3. The van der Waals surface area contributed by atoms with Gasteiger partial charge in [0.05, 0.1) is 11.3 Å². The normalized spacial score (nSPS) is 8.75. The predicted molar refractivity (Wildman–Crippen MR) is 46.5 cm³/mol. The Balaban J connectivity index is 3.08. The molecule has 0 aromatic heterocycles. The number of anilines is 1. The quantitative estimate of drug-likeness (QED) is 0.293. The van der Waals surface area contributed by atoms with Crippen molar-refractivity contribution >= 4 is 5.69 Å². The lowest BCUT2D eigenvalue weighted by Gasteiger charge is -1.98. The Morgan fingerprint density at radius 1 is 1.42 bits per heavy atom. The Bertz CT molecular complexity index is 336. The topological polar surface area (TPSA) is 66.5 Å². The molecule has 1 aromatic carbocycles. The number of aliphatic hydroxyl groups excluding tert-OH is 1. The Kier molecular flexibility index (Phi) is 2.57. The van der Waals surface area contributed by atoms with E-state index in [0.717, 1.165) is 0 Å². The molecule has 0 atom stereocenters. The molecule has 0 bridgehead atoms. The van der Waals surface area contributed by atoms with Gasteiger partial charge in [0.25, 0.3) is 0 Å². The summed E-state index contributed by atoms with van der Waals surface area (Å²) in [5, 5.41) is 17.7. The first kappa shape index (κ1) is 8.44. The third-order valence-corrected chi connectivity index (χ3v) is 1.37. The number of hydrogen-bond donors (Lipinski definition) is 3. The van der Waals surface area contributed by atoms with Crippen LogP contribution in [-0.2, 0) is 0 Å². The van der Waals surface area contributed by atoms with E-state index in [0.29, 0.717) is 11.3 Å². The van der Waals surface area contributed by atoms with Crippen molar-refractivity contribution in [3.63, 3.8) is 0 Å². The van der Waals surface area contributed by atoms with E-state index in [-0.39, 0.29) is 12.4 Å². The summed E-state index contributed by atoms with van der Waals surface area (Å²) in [5.74, 6) is 4.97. The summed E-state index contributed by atoms with van der Waals surface area (Å²) in [4.78, 5) is 0. The molecular weight excluding hydrogens is 154 g/mol. The zero-order chi connectivity index (χ0) is 8.97. The van der Waals surface area contributed by atoms with Gasteiger partial charge in [-0.3, -0.25) is 0 Å². The summed E-state index contributed by atoms with van der Waals surface area (Å²) in [7, 11) is 0. The number of hydrogen-bond acceptors (Lipinski definition) is 3. The maximum Gasteiger partial charge on any atom is 0.154 e. The van der Waals surface area contributed by atoms with Gasteiger partial charge in [-0.15, -0.1) is 0 Å². The fraction of sp³-hybridized carbons (Fsp3) is 0.111. The fourth-order valence-corrected chi connectivity index (χ4v) is 0.797. The van der Waals surface area contributed by atoms with Crippen molar-refractivity contribution in [1.82, 2.24) is 0 Å². The lowest BCUT2D eigenvalue weighted by atomic mass is 10.2. The van der Waals surface area contributed by atoms with Crippen LogP contribution >= 0.6 is 0 Å². The fourth-order valence-electron chi connectivity index (χ4n) is 0.797. The molecule has 0 aliphatic rings. The van der Waals surface area contributed by atoms with Crippen molar-refractivity contribution in [3.05, 3.63) is 23.8 Å². The van der Waals surface area contributed by atoms with E-state index in [1.165, 1.54) is 0 Å². The van der Waals surface area contributed by atoms with Crippen LogP contribution in [-0.4, -0.2) is 16.8 Å². The smallest absolute Gasteiger partial charge is 0.154 e. The molecule has 0 radical (unpaired) electrons. The third-order valence-electron chi connectivity index (χ3n) is 1.37. The van der Waals surface area contributed by atoms with Gasteiger partial charge < -0.3 is 15.9 Å². The van der Waals surface area contributed by atoms with E-state index in [2.05, 4.69) is 11.8 Å². The first-order chi connectivity index (χ1) is 5.75. The lowest BCUT2D eigenvalue weighted by Crippen LogP contribution is -1.87. The molecule has 0 unspecified atom stereocenters. The maximum absolute atomic E-state index is 9.32. The Hall–Kier alpha value is -1.66. The number of nitrogen functional groups attached to an aromatic ring is 1. The minimum atomic E-state index is -0.228. The van der Waals surface area contributed by atoms with Crippen LogP contribution in [0.25, 0.3) is 0 Å². The highest BCUT2D eigenvalue weighted by molar-refractivity contribution is 5.60. The maximum atomic E-state index is 9.32. The Labute approximate surface area is 70.5 Å². The van der Waals surface area contributed by atoms with Gasteiger partial charge in [0.15, 0.2) is 5.75 Å². The molecule has 3 heteroatoms. The number of benzene rings is 1. The van der Waals surface area contributed by atoms with Crippen LogP contribution < -0.4 is 5.73 Å². The van der Waals surface area contributed by atoms with Gasteiger partial charge in [-0.25, -0.2) is 0 Å². The minimum Gasteiger partial charge on any atom is -0.505 e. The van der Waals surface area contributed by atoms with E-state index in [1.54, 1.807) is 18.2 Å². The summed E-state index contributed by atoms with van der Waals surface area (Å²) in [6.07, 6.45) is 0. The van der Waals surface area contributed by atoms with Gasteiger partial charge in [0.2, 0.25) is 0 Å². The van der Waals surface area contributed by atoms with Gasteiger partial charge in [-0.05, 0) is 12.1 Å². The Morgan fingerprint density at radius 2 is 2.17 bits per heavy atom. The van der Waals surface area contributed by atoms with Crippen molar-refractivity contribution in [2.45, 2.75) is 0 Å². The van der Waals surface area contributed by atoms with Crippen molar-refractivity contribution in [2.75, 3.05) is 12.3 Å². The van der Waals surface area contributed by atoms with Crippen molar-refractivity contribution in [3.8, 4) is 17.6 Å². The number of phenols is 1. The molecule has 0 fully saturated rings. The van der Waals surface area contributed by atoms with Gasteiger partial charge in [0, 0.05) is 0 Å². The molecule has 1 aromatic rings. The van der Waals surface area contributed by atoms with Gasteiger partial charge in [-0.2, -0.15) is 0 Å². The molecule has 62 valence electrons. The molecule has 1 rings (SSSR count). The number of aliphatic hydroxyl groups is 1. The third kappa shape index (κ3) is 1.68. The van der Waals surface area contributed by atoms with Crippen LogP contribution in [0.1, 0.15) is 5.56 Å². The molecule has 0 heterocycles. The van der Waals surface area contributed by atoms with E-state index < -0.39 is 0 Å². The average molecular weight is 163 g/mol. The van der Waals surface area contributed by atoms with Crippen LogP contribution in [0.4, 0.5) is 5.69 Å². The van der Waals surface area contributed by atoms with E-state index in [4.69, 9.17) is 10.8 Å². The van der Waals surface area contributed by atoms with Crippen LogP contribution in [0.3, 0.4) is 0 Å². The average Bonchev–Trinajstić information content (AvgIpc) is 2.08. The van der Waals surface area contributed by atoms with Crippen molar-refractivity contribution in [1.29, 1.82) is 0 Å². The number of phenolic OH excluding ortho intramolecular Hbond substituents is 1. The van der Waals surface area contributed by atoms with Gasteiger partial charge >= 0.3 is 0 Å². The molecule has 12 heavy (non-hydrogen) atoms. The zero-order valence-corrected chi connectivity index (χ0v) is 6.41. The molecule has 0 spiro atoms. The second-order valence-electron chi connectivity index (χ2n) is 2.20. The van der Waals surface area contributed by atoms with Crippen LogP contribution in [0.15, 0.2) is 18.2 Å². The molecule has 0 amide bonds. The summed E-state index contributed by atoms with van der Waals surface area (Å²) in [6, 6.07) is 4.91. The summed E-state index contributed by atoms with van der Waals surface area (Å²) in [5.41, 5.74) is 6.14. The molecule has 0 saturated carbocycles. The Morgan fingerprint density at radius 3 is 2.83 bits per heavy atom. The highest BCUT2D eigenvalue weighted by Gasteiger charge is 1.99. The number of nitrogens with two attached hydrogens (primary N) is 1. The van der Waals surface area contributed by atoms with Crippen LogP contribution in [0, 0.1) is 11.8 Å². The second kappa shape index (κ2) is 3.65. The standard InChI is InChI=1S/C9H9NO2/c10-8-5-1-3-7(9(8)12)4-2-6-11/h1,3,5,11-12H,6,10H2. The second-order valence-corrected chi connectivity index (χ2v) is 2.20. The van der Waals surface area contributed by atoms with E-state index in [9.17, 15) is 5.11 Å². The SMILES string of the molecule is Nc1cccc(C#CCO)c1O. The van der Waals surface area contributed by atoms with E-state index >= 15 is 0 Å². The molecular formula is C9H9NO2. The molecule has 0 saturated heterocycles. The first-order valence-electron chi connectivity index (χ1n) is 3.43. The van der Waals surface area contributed by atoms with Crippen molar-refractivity contribution < 1.29 is 10.2 Å². The molecule has 4 N–H and O–H groups in total. The molecule has 3 nitrogen and oxygen atoms in total. The molecule has 0 aliphatic carbocycles. The van der Waals surface area contributed by atoms with E-state index in [1.807, 2.05) is 0 Å². The number of para-hydroxylation sites is 1. The van der Waals surface area contributed by atoms with Gasteiger partial charge in [0.1, 0.15) is 6.61 Å². The summed E-state index contributed by atoms with van der Waals surface area (Å²) in [6.45, 7) is -0.228. The lowest BCUT2D eigenvalue weighted by molar-refractivity contribution is 0.350. The van der Waals surface area contributed by atoms with Crippen LogP contribution in [0.2, 0.25) is 0 Å². The monoisotopic (exact) mass is 163 g/mol. The van der Waals surface area contributed by atoms with Crippen molar-refractivity contribution in [2.24, 2.45) is 0 Å². The molecule has 0 aliphatic heterocycles. The number of aromatic hydroxyl groups is 1. The first-order valence-corrected chi connectivity index (χ1v) is 3.43. The predicted octanol–water partition coefficient (Wildman–Crippen LogP) is 0.318. The summed E-state index contributed by atoms with van der Waals surface area (Å²) >= 11 is 0. The number of rotatable bonds is 0. The summed E-state index contributed by atoms with van der Waals surface area (Å²) < 4.78 is 0. The minimum absolute atomic E-state index is 0.0292.